The molecule has 0 aromatic carbocycles. The molecule has 0 radical (unpaired) electrons. The molecule has 1 amide bonds. The summed E-state index contributed by atoms with van der Waals surface area (Å²) in [6, 6.07) is 0. The van der Waals surface area contributed by atoms with E-state index in [0.29, 0.717) is 26.1 Å². The van der Waals surface area contributed by atoms with Crippen LogP contribution in [-0.4, -0.2) is 48.7 Å². The second kappa shape index (κ2) is 4.64. The van der Waals surface area contributed by atoms with Crippen LogP contribution in [0.4, 0.5) is 0 Å². The van der Waals surface area contributed by atoms with Crippen LogP contribution < -0.4 is 0 Å². The standard InChI is InChI=1S/C12H19NO4/c1-17-8-12(4-2-5-12)11(16)13-6-3-9(7-13)10(14)15/h9H,2-8H2,1H3,(H,14,15). The normalized spacial score (nSPS) is 26.6. The number of rotatable bonds is 4. The van der Waals surface area contributed by atoms with Gasteiger partial charge in [-0.25, -0.2) is 0 Å². The number of carboxylic acid groups (broad SMARTS) is 1. The first-order valence-corrected chi connectivity index (χ1v) is 6.10. The minimum Gasteiger partial charge on any atom is -0.481 e. The lowest BCUT2D eigenvalue weighted by atomic mass is 9.68. The van der Waals surface area contributed by atoms with Gasteiger partial charge in [0.1, 0.15) is 0 Å². The number of aliphatic carboxylic acids is 1. The fourth-order valence-electron chi connectivity index (χ4n) is 2.78. The predicted octanol–water partition coefficient (Wildman–Crippen LogP) is 0.736. The molecule has 1 saturated heterocycles. The minimum absolute atomic E-state index is 0.0920. The zero-order valence-corrected chi connectivity index (χ0v) is 10.1. The summed E-state index contributed by atoms with van der Waals surface area (Å²) in [6.07, 6.45) is 3.37. The van der Waals surface area contributed by atoms with Crippen molar-refractivity contribution < 1.29 is 19.4 Å². The van der Waals surface area contributed by atoms with Crippen LogP contribution in [-0.2, 0) is 14.3 Å². The molecule has 1 N–H and O–H groups in total. The molecule has 17 heavy (non-hydrogen) atoms. The molecule has 96 valence electrons. The number of methoxy groups -OCH3 is 1. The lowest BCUT2D eigenvalue weighted by Crippen LogP contribution is -2.49. The molecular formula is C12H19NO4. The molecule has 1 aliphatic heterocycles. The highest BCUT2D eigenvalue weighted by Gasteiger charge is 2.48. The van der Waals surface area contributed by atoms with E-state index in [1.54, 1.807) is 12.0 Å². The molecule has 0 aromatic heterocycles. The third kappa shape index (κ3) is 2.16. The largest absolute Gasteiger partial charge is 0.481 e. The molecular weight excluding hydrogens is 222 g/mol. The lowest BCUT2D eigenvalue weighted by Gasteiger charge is -2.42. The summed E-state index contributed by atoms with van der Waals surface area (Å²) in [5, 5.41) is 8.93. The number of nitrogens with zero attached hydrogens (tertiary/aromatic N) is 1. The summed E-state index contributed by atoms with van der Waals surface area (Å²) in [5.74, 6) is -1.09. The molecule has 2 aliphatic rings. The van der Waals surface area contributed by atoms with Crippen molar-refractivity contribution in [3.05, 3.63) is 0 Å². The van der Waals surface area contributed by atoms with Crippen molar-refractivity contribution in [3.8, 4) is 0 Å². The van der Waals surface area contributed by atoms with E-state index in [0.717, 1.165) is 19.3 Å². The Bertz CT molecular complexity index is 324. The topological polar surface area (TPSA) is 66.8 Å². The van der Waals surface area contributed by atoms with Crippen LogP contribution in [0, 0.1) is 11.3 Å². The van der Waals surface area contributed by atoms with E-state index in [1.807, 2.05) is 0 Å². The molecule has 5 heteroatoms. The maximum absolute atomic E-state index is 12.4. The SMILES string of the molecule is COCC1(C(=O)N2CCC(C(=O)O)C2)CCC1. The van der Waals surface area contributed by atoms with Gasteiger partial charge in [0, 0.05) is 20.2 Å². The first-order chi connectivity index (χ1) is 8.09. The van der Waals surface area contributed by atoms with Crippen molar-refractivity contribution in [1.82, 2.24) is 4.90 Å². The van der Waals surface area contributed by atoms with E-state index >= 15 is 0 Å². The number of amides is 1. The molecule has 1 saturated carbocycles. The van der Waals surface area contributed by atoms with Crippen molar-refractivity contribution in [2.75, 3.05) is 26.8 Å². The van der Waals surface area contributed by atoms with Gasteiger partial charge in [-0.05, 0) is 19.3 Å². The van der Waals surface area contributed by atoms with Crippen LogP contribution in [0.3, 0.4) is 0 Å². The van der Waals surface area contributed by atoms with Crippen molar-refractivity contribution in [1.29, 1.82) is 0 Å². The molecule has 1 unspecified atom stereocenters. The number of carboxylic acids is 1. The Kier molecular flexibility index (Phi) is 3.38. The molecule has 2 fully saturated rings. The average Bonchev–Trinajstić information content (AvgIpc) is 2.71. The Hall–Kier alpha value is -1.10. The molecule has 1 atom stereocenters. The zero-order valence-electron chi connectivity index (χ0n) is 10.1. The fourth-order valence-corrected chi connectivity index (χ4v) is 2.78. The van der Waals surface area contributed by atoms with Gasteiger partial charge in [-0.2, -0.15) is 0 Å². The molecule has 2 rings (SSSR count). The highest BCUT2D eigenvalue weighted by Crippen LogP contribution is 2.43. The van der Waals surface area contributed by atoms with Crippen LogP contribution in [0.1, 0.15) is 25.7 Å². The highest BCUT2D eigenvalue weighted by molar-refractivity contribution is 5.85. The van der Waals surface area contributed by atoms with E-state index in [4.69, 9.17) is 9.84 Å². The Balaban J connectivity index is 1.98. The Morgan fingerprint density at radius 3 is 2.59 bits per heavy atom. The number of hydrogen-bond donors (Lipinski definition) is 1. The van der Waals surface area contributed by atoms with Gasteiger partial charge < -0.3 is 14.7 Å². The lowest BCUT2D eigenvalue weighted by molar-refractivity contribution is -0.151. The second-order valence-electron chi connectivity index (χ2n) is 5.14. The second-order valence-corrected chi connectivity index (χ2v) is 5.14. The van der Waals surface area contributed by atoms with E-state index in [9.17, 15) is 9.59 Å². The van der Waals surface area contributed by atoms with Crippen molar-refractivity contribution in [2.45, 2.75) is 25.7 Å². The van der Waals surface area contributed by atoms with Crippen LogP contribution in [0.15, 0.2) is 0 Å². The fraction of sp³-hybridized carbons (Fsp3) is 0.833. The smallest absolute Gasteiger partial charge is 0.308 e. The number of hydrogen-bond acceptors (Lipinski definition) is 3. The van der Waals surface area contributed by atoms with E-state index in [1.165, 1.54) is 0 Å². The molecule has 1 heterocycles. The van der Waals surface area contributed by atoms with Gasteiger partial charge in [0.15, 0.2) is 0 Å². The summed E-state index contributed by atoms with van der Waals surface area (Å²) in [6.45, 7) is 1.39. The van der Waals surface area contributed by atoms with Crippen molar-refractivity contribution in [3.63, 3.8) is 0 Å². The molecule has 0 aromatic rings. The van der Waals surface area contributed by atoms with Crippen LogP contribution >= 0.6 is 0 Å². The first-order valence-electron chi connectivity index (χ1n) is 6.10. The quantitative estimate of drug-likeness (QED) is 0.788. The maximum Gasteiger partial charge on any atom is 0.308 e. The molecule has 1 aliphatic carbocycles. The number of carbonyl (C=O) groups excluding carboxylic acids is 1. The first kappa shape index (κ1) is 12.4. The number of carbonyl (C=O) groups is 2. The van der Waals surface area contributed by atoms with Gasteiger partial charge in [0.2, 0.25) is 5.91 Å². The van der Waals surface area contributed by atoms with Gasteiger partial charge in [0.05, 0.1) is 17.9 Å². The van der Waals surface area contributed by atoms with Gasteiger partial charge in [0.25, 0.3) is 0 Å². The highest BCUT2D eigenvalue weighted by atomic mass is 16.5. The summed E-state index contributed by atoms with van der Waals surface area (Å²) in [4.78, 5) is 24.9. The van der Waals surface area contributed by atoms with Crippen molar-refractivity contribution in [2.24, 2.45) is 11.3 Å². The van der Waals surface area contributed by atoms with Gasteiger partial charge >= 0.3 is 5.97 Å². The van der Waals surface area contributed by atoms with E-state index < -0.39 is 11.9 Å². The number of likely N-dealkylation sites (tertiary alicyclic amines) is 1. The Labute approximate surface area is 101 Å². The third-order valence-electron chi connectivity index (χ3n) is 4.01. The summed E-state index contributed by atoms with van der Waals surface area (Å²) in [7, 11) is 1.61. The maximum atomic E-state index is 12.4. The Morgan fingerprint density at radius 1 is 1.47 bits per heavy atom. The van der Waals surface area contributed by atoms with E-state index in [2.05, 4.69) is 0 Å². The van der Waals surface area contributed by atoms with Crippen LogP contribution in [0.2, 0.25) is 0 Å². The molecule has 0 spiro atoms. The molecule has 5 nitrogen and oxygen atoms in total. The predicted molar refractivity (Wildman–Crippen MR) is 60.5 cm³/mol. The average molecular weight is 241 g/mol. The number of ether oxygens (including phenoxy) is 1. The molecule has 0 bridgehead atoms. The van der Waals surface area contributed by atoms with Gasteiger partial charge in [-0.1, -0.05) is 6.42 Å². The third-order valence-corrected chi connectivity index (χ3v) is 4.01. The van der Waals surface area contributed by atoms with E-state index in [-0.39, 0.29) is 11.3 Å². The zero-order chi connectivity index (χ0) is 12.5. The minimum atomic E-state index is -0.797. The summed E-state index contributed by atoms with van der Waals surface area (Å²) < 4.78 is 5.14. The Morgan fingerprint density at radius 2 is 2.18 bits per heavy atom. The monoisotopic (exact) mass is 241 g/mol. The summed E-state index contributed by atoms with van der Waals surface area (Å²) >= 11 is 0. The van der Waals surface area contributed by atoms with Crippen LogP contribution in [0.5, 0.6) is 0 Å². The van der Waals surface area contributed by atoms with Crippen molar-refractivity contribution >= 4 is 11.9 Å². The summed E-state index contributed by atoms with van der Waals surface area (Å²) in [5.41, 5.74) is -0.359. The van der Waals surface area contributed by atoms with Gasteiger partial charge in [-0.15, -0.1) is 0 Å². The van der Waals surface area contributed by atoms with Crippen LogP contribution in [0.25, 0.3) is 0 Å². The van der Waals surface area contributed by atoms with Gasteiger partial charge in [-0.3, -0.25) is 9.59 Å².